The second kappa shape index (κ2) is 5.29. The summed E-state index contributed by atoms with van der Waals surface area (Å²) in [6.07, 6.45) is 15.1. The second-order valence-electron chi connectivity index (χ2n) is 6.37. The molecule has 3 aliphatic rings. The molecule has 1 saturated heterocycles. The third-order valence-electron chi connectivity index (χ3n) is 5.17. The summed E-state index contributed by atoms with van der Waals surface area (Å²) in [6, 6.07) is 0. The SMILES string of the molecule is NCC[C@@]1(C2=CC=CCN2)CCOC2(CCCC2)C1. The van der Waals surface area contributed by atoms with Crippen molar-refractivity contribution in [1.82, 2.24) is 5.32 Å². The molecule has 0 amide bonds. The summed E-state index contributed by atoms with van der Waals surface area (Å²) in [6.45, 7) is 2.60. The smallest absolute Gasteiger partial charge is 0.0691 e. The Morgan fingerprint density at radius 2 is 2.11 bits per heavy atom. The van der Waals surface area contributed by atoms with Gasteiger partial charge in [-0.25, -0.2) is 0 Å². The van der Waals surface area contributed by atoms with E-state index in [1.165, 1.54) is 31.4 Å². The fourth-order valence-corrected chi connectivity index (χ4v) is 4.24. The molecule has 1 atom stereocenters. The van der Waals surface area contributed by atoms with Crippen LogP contribution in [0.25, 0.3) is 0 Å². The molecule has 3 N–H and O–H groups in total. The highest BCUT2D eigenvalue weighted by Crippen LogP contribution is 2.51. The molecule has 1 saturated carbocycles. The summed E-state index contributed by atoms with van der Waals surface area (Å²) >= 11 is 0. The van der Waals surface area contributed by atoms with Crippen LogP contribution in [0, 0.1) is 5.41 Å². The number of nitrogens with one attached hydrogen (secondary N) is 1. The van der Waals surface area contributed by atoms with Crippen molar-refractivity contribution < 1.29 is 4.74 Å². The second-order valence-corrected chi connectivity index (χ2v) is 6.37. The largest absolute Gasteiger partial charge is 0.384 e. The number of rotatable bonds is 3. The molecule has 3 nitrogen and oxygen atoms in total. The van der Waals surface area contributed by atoms with E-state index in [9.17, 15) is 0 Å². The molecule has 2 heterocycles. The molecule has 2 aliphatic heterocycles. The molecule has 0 aromatic heterocycles. The maximum absolute atomic E-state index is 6.21. The normalized spacial score (nSPS) is 33.2. The van der Waals surface area contributed by atoms with E-state index in [2.05, 4.69) is 23.5 Å². The molecule has 0 bridgehead atoms. The molecule has 2 fully saturated rings. The molecule has 106 valence electrons. The molecule has 0 unspecified atom stereocenters. The minimum atomic E-state index is 0.150. The summed E-state index contributed by atoms with van der Waals surface area (Å²) in [5.74, 6) is 0. The Morgan fingerprint density at radius 1 is 1.26 bits per heavy atom. The van der Waals surface area contributed by atoms with Gasteiger partial charge >= 0.3 is 0 Å². The van der Waals surface area contributed by atoms with Gasteiger partial charge in [-0.05, 0) is 44.7 Å². The van der Waals surface area contributed by atoms with Crippen molar-refractivity contribution in [3.05, 3.63) is 23.9 Å². The van der Waals surface area contributed by atoms with Gasteiger partial charge in [0.05, 0.1) is 5.60 Å². The highest BCUT2D eigenvalue weighted by Gasteiger charge is 2.48. The Morgan fingerprint density at radius 3 is 2.79 bits per heavy atom. The van der Waals surface area contributed by atoms with E-state index >= 15 is 0 Å². The fourth-order valence-electron chi connectivity index (χ4n) is 4.24. The van der Waals surface area contributed by atoms with Gasteiger partial charge in [0.1, 0.15) is 0 Å². The molecule has 1 aliphatic carbocycles. The lowest BCUT2D eigenvalue weighted by Gasteiger charge is -2.48. The monoisotopic (exact) mass is 262 g/mol. The predicted octanol–water partition coefficient (Wildman–Crippen LogP) is 2.49. The van der Waals surface area contributed by atoms with Crippen molar-refractivity contribution in [2.75, 3.05) is 19.7 Å². The number of allylic oxidation sites excluding steroid dienone is 3. The first-order chi connectivity index (χ1) is 9.29. The molecule has 1 spiro atoms. The number of hydrogen-bond donors (Lipinski definition) is 2. The topological polar surface area (TPSA) is 47.3 Å². The first-order valence-electron chi connectivity index (χ1n) is 7.74. The van der Waals surface area contributed by atoms with Crippen molar-refractivity contribution in [1.29, 1.82) is 0 Å². The van der Waals surface area contributed by atoms with E-state index in [0.717, 1.165) is 39.0 Å². The van der Waals surface area contributed by atoms with Gasteiger partial charge in [0.15, 0.2) is 0 Å². The van der Waals surface area contributed by atoms with Crippen LogP contribution in [-0.4, -0.2) is 25.3 Å². The zero-order valence-corrected chi connectivity index (χ0v) is 11.8. The van der Waals surface area contributed by atoms with Gasteiger partial charge in [-0.3, -0.25) is 0 Å². The summed E-state index contributed by atoms with van der Waals surface area (Å²) < 4.78 is 6.21. The van der Waals surface area contributed by atoms with Crippen LogP contribution in [0.3, 0.4) is 0 Å². The molecular formula is C16H26N2O. The van der Waals surface area contributed by atoms with Crippen LogP contribution in [0.1, 0.15) is 44.9 Å². The zero-order valence-electron chi connectivity index (χ0n) is 11.8. The highest BCUT2D eigenvalue weighted by atomic mass is 16.5. The molecular weight excluding hydrogens is 236 g/mol. The minimum absolute atomic E-state index is 0.150. The van der Waals surface area contributed by atoms with Gasteiger partial charge in [0, 0.05) is 24.3 Å². The van der Waals surface area contributed by atoms with Crippen molar-refractivity contribution in [2.45, 2.75) is 50.5 Å². The highest BCUT2D eigenvalue weighted by molar-refractivity contribution is 5.25. The van der Waals surface area contributed by atoms with Gasteiger partial charge in [-0.2, -0.15) is 0 Å². The lowest BCUT2D eigenvalue weighted by atomic mass is 9.67. The Balaban J connectivity index is 1.86. The van der Waals surface area contributed by atoms with Crippen LogP contribution in [0.2, 0.25) is 0 Å². The standard InChI is InChI=1S/C16H26N2O/c17-10-8-15(14-5-1-4-11-18-14)9-12-19-16(13-15)6-2-3-7-16/h1,4-5,18H,2-3,6-13,17H2/t15-/m1/s1. The summed E-state index contributed by atoms with van der Waals surface area (Å²) in [5.41, 5.74) is 7.70. The number of nitrogens with two attached hydrogens (primary N) is 1. The molecule has 0 radical (unpaired) electrons. The van der Waals surface area contributed by atoms with Crippen LogP contribution in [0.4, 0.5) is 0 Å². The van der Waals surface area contributed by atoms with Crippen LogP contribution in [0.5, 0.6) is 0 Å². The van der Waals surface area contributed by atoms with E-state index in [0.29, 0.717) is 0 Å². The minimum Gasteiger partial charge on any atom is -0.384 e. The summed E-state index contributed by atoms with van der Waals surface area (Å²) in [4.78, 5) is 0. The molecule has 0 aromatic rings. The first kappa shape index (κ1) is 13.2. The van der Waals surface area contributed by atoms with Gasteiger partial charge in [0.2, 0.25) is 0 Å². The average molecular weight is 262 g/mol. The average Bonchev–Trinajstić information content (AvgIpc) is 2.88. The fraction of sp³-hybridized carbons (Fsp3) is 0.750. The quantitative estimate of drug-likeness (QED) is 0.821. The number of ether oxygens (including phenoxy) is 1. The van der Waals surface area contributed by atoms with E-state index in [4.69, 9.17) is 10.5 Å². The lowest BCUT2D eigenvalue weighted by molar-refractivity contribution is -0.115. The van der Waals surface area contributed by atoms with Crippen molar-refractivity contribution in [2.24, 2.45) is 11.1 Å². The van der Waals surface area contributed by atoms with Crippen LogP contribution < -0.4 is 11.1 Å². The van der Waals surface area contributed by atoms with Gasteiger partial charge in [0.25, 0.3) is 0 Å². The third kappa shape index (κ3) is 2.46. The van der Waals surface area contributed by atoms with Crippen molar-refractivity contribution >= 4 is 0 Å². The molecule has 19 heavy (non-hydrogen) atoms. The van der Waals surface area contributed by atoms with E-state index in [1.54, 1.807) is 0 Å². The summed E-state index contributed by atoms with van der Waals surface area (Å²) in [7, 11) is 0. The van der Waals surface area contributed by atoms with Crippen LogP contribution in [-0.2, 0) is 4.74 Å². The number of dihydropyridines is 1. The van der Waals surface area contributed by atoms with Gasteiger partial charge < -0.3 is 15.8 Å². The Labute approximate surface area is 116 Å². The van der Waals surface area contributed by atoms with Crippen LogP contribution >= 0.6 is 0 Å². The van der Waals surface area contributed by atoms with E-state index < -0.39 is 0 Å². The molecule has 3 heteroatoms. The third-order valence-corrected chi connectivity index (χ3v) is 5.17. The maximum atomic E-state index is 6.21. The van der Waals surface area contributed by atoms with Gasteiger partial charge in [-0.15, -0.1) is 0 Å². The Hall–Kier alpha value is -0.800. The van der Waals surface area contributed by atoms with Crippen molar-refractivity contribution in [3.8, 4) is 0 Å². The first-order valence-corrected chi connectivity index (χ1v) is 7.74. The van der Waals surface area contributed by atoms with E-state index in [-0.39, 0.29) is 11.0 Å². The molecule has 3 rings (SSSR count). The maximum Gasteiger partial charge on any atom is 0.0691 e. The summed E-state index contributed by atoms with van der Waals surface area (Å²) in [5, 5.41) is 3.58. The van der Waals surface area contributed by atoms with E-state index in [1.807, 2.05) is 0 Å². The van der Waals surface area contributed by atoms with Crippen LogP contribution in [0.15, 0.2) is 23.9 Å². The number of hydrogen-bond acceptors (Lipinski definition) is 3. The Bertz CT molecular complexity index is 378. The van der Waals surface area contributed by atoms with Gasteiger partial charge in [-0.1, -0.05) is 25.0 Å². The predicted molar refractivity (Wildman–Crippen MR) is 77.7 cm³/mol. The van der Waals surface area contributed by atoms with Crippen molar-refractivity contribution in [3.63, 3.8) is 0 Å². The zero-order chi connectivity index (χ0) is 13.2. The lowest BCUT2D eigenvalue weighted by Crippen LogP contribution is -2.48. The molecule has 0 aromatic carbocycles. The Kier molecular flexibility index (Phi) is 3.68.